The van der Waals surface area contributed by atoms with Crippen molar-refractivity contribution in [2.24, 2.45) is 0 Å². The van der Waals surface area contributed by atoms with Crippen LogP contribution in [0, 0.1) is 17.0 Å². The summed E-state index contributed by atoms with van der Waals surface area (Å²) < 4.78 is 0. The highest BCUT2D eigenvalue weighted by Crippen LogP contribution is 2.16. The van der Waals surface area contributed by atoms with Gasteiger partial charge < -0.3 is 5.32 Å². The average Bonchev–Trinajstić information content (AvgIpc) is 2.24. The number of nitro groups is 1. The molecule has 4 heteroatoms. The molecule has 0 fully saturated rings. The molecular weight excluding hydrogens is 192 g/mol. The number of aryl methyl sites for hydroxylation is 1. The number of nitrogens with zero attached hydrogens (tertiary/aromatic N) is 1. The number of hydrogen-bond donors (Lipinski definition) is 1. The lowest BCUT2D eigenvalue weighted by atomic mass is 10.1. The Morgan fingerprint density at radius 1 is 1.40 bits per heavy atom. The van der Waals surface area contributed by atoms with Crippen molar-refractivity contribution >= 4 is 5.69 Å². The van der Waals surface area contributed by atoms with Crippen LogP contribution in [0.15, 0.2) is 18.2 Å². The van der Waals surface area contributed by atoms with Gasteiger partial charge >= 0.3 is 0 Å². The molecule has 0 spiro atoms. The summed E-state index contributed by atoms with van der Waals surface area (Å²) in [5.41, 5.74) is 2.19. The Hall–Kier alpha value is -1.42. The molecule has 1 aromatic carbocycles. The molecule has 0 aromatic heterocycles. The van der Waals surface area contributed by atoms with E-state index in [0.717, 1.165) is 17.7 Å². The highest BCUT2D eigenvalue weighted by Gasteiger charge is 2.06. The maximum Gasteiger partial charge on any atom is 0.269 e. The van der Waals surface area contributed by atoms with Gasteiger partial charge in [0, 0.05) is 18.7 Å². The molecule has 0 atom stereocenters. The second-order valence-electron chi connectivity index (χ2n) is 2.90. The maximum atomic E-state index is 10.4. The topological polar surface area (TPSA) is 55.2 Å². The van der Waals surface area contributed by atoms with Crippen LogP contribution in [0.25, 0.3) is 0 Å². The SMILES string of the molecule is CC.CNCc1ccc([N+](=O)[O-])cc1C. The zero-order valence-corrected chi connectivity index (χ0v) is 9.70. The minimum Gasteiger partial charge on any atom is -0.316 e. The quantitative estimate of drug-likeness (QED) is 0.616. The first kappa shape index (κ1) is 13.6. The van der Waals surface area contributed by atoms with E-state index in [0.29, 0.717) is 0 Å². The van der Waals surface area contributed by atoms with Crippen molar-refractivity contribution in [1.29, 1.82) is 0 Å². The Kier molecular flexibility index (Phi) is 6.29. The van der Waals surface area contributed by atoms with Crippen molar-refractivity contribution < 1.29 is 4.92 Å². The molecule has 0 amide bonds. The summed E-state index contributed by atoms with van der Waals surface area (Å²) in [7, 11) is 1.85. The van der Waals surface area contributed by atoms with Crippen LogP contribution >= 0.6 is 0 Å². The molecule has 0 aliphatic rings. The van der Waals surface area contributed by atoms with Gasteiger partial charge in [-0.05, 0) is 25.1 Å². The molecule has 84 valence electrons. The van der Waals surface area contributed by atoms with E-state index in [4.69, 9.17) is 0 Å². The normalized spacial score (nSPS) is 9.07. The Balaban J connectivity index is 0.000000921. The smallest absolute Gasteiger partial charge is 0.269 e. The summed E-state index contributed by atoms with van der Waals surface area (Å²) in [5.74, 6) is 0. The summed E-state index contributed by atoms with van der Waals surface area (Å²) in [5, 5.41) is 13.4. The van der Waals surface area contributed by atoms with Crippen LogP contribution in [0.4, 0.5) is 5.69 Å². The van der Waals surface area contributed by atoms with Gasteiger partial charge in [0.25, 0.3) is 5.69 Å². The van der Waals surface area contributed by atoms with Crippen molar-refractivity contribution in [2.45, 2.75) is 27.3 Å². The second-order valence-corrected chi connectivity index (χ2v) is 2.90. The molecule has 0 bridgehead atoms. The third-order valence-corrected chi connectivity index (χ3v) is 1.90. The minimum atomic E-state index is -0.379. The molecule has 0 radical (unpaired) electrons. The molecule has 1 N–H and O–H groups in total. The van der Waals surface area contributed by atoms with Gasteiger partial charge in [-0.15, -0.1) is 0 Å². The van der Waals surface area contributed by atoms with Gasteiger partial charge in [-0.3, -0.25) is 10.1 Å². The highest BCUT2D eigenvalue weighted by atomic mass is 16.6. The molecule has 0 aliphatic carbocycles. The Morgan fingerprint density at radius 2 is 2.00 bits per heavy atom. The van der Waals surface area contributed by atoms with E-state index in [9.17, 15) is 10.1 Å². The lowest BCUT2D eigenvalue weighted by Crippen LogP contribution is -2.06. The van der Waals surface area contributed by atoms with Crippen LogP contribution in [0.1, 0.15) is 25.0 Å². The van der Waals surface area contributed by atoms with Gasteiger partial charge in [0.05, 0.1) is 4.92 Å². The zero-order valence-electron chi connectivity index (χ0n) is 9.70. The average molecular weight is 210 g/mol. The molecule has 1 rings (SSSR count). The summed E-state index contributed by atoms with van der Waals surface area (Å²) in [6, 6.07) is 4.90. The van der Waals surface area contributed by atoms with Crippen LogP contribution in [0.3, 0.4) is 0 Å². The summed E-state index contributed by atoms with van der Waals surface area (Å²) in [6.45, 7) is 6.61. The molecule has 0 saturated carbocycles. The van der Waals surface area contributed by atoms with Crippen LogP contribution in [0.2, 0.25) is 0 Å². The van der Waals surface area contributed by atoms with Crippen molar-refractivity contribution in [3.05, 3.63) is 39.4 Å². The van der Waals surface area contributed by atoms with Crippen molar-refractivity contribution in [3.8, 4) is 0 Å². The zero-order chi connectivity index (χ0) is 11.8. The standard InChI is InChI=1S/C9H12N2O2.C2H6/c1-7-5-9(11(12)13)4-3-8(7)6-10-2;1-2/h3-5,10H,6H2,1-2H3;1-2H3. The third-order valence-electron chi connectivity index (χ3n) is 1.90. The highest BCUT2D eigenvalue weighted by molar-refractivity contribution is 5.39. The van der Waals surface area contributed by atoms with E-state index in [1.165, 1.54) is 6.07 Å². The number of hydrogen-bond acceptors (Lipinski definition) is 3. The van der Waals surface area contributed by atoms with Crippen molar-refractivity contribution in [1.82, 2.24) is 5.32 Å². The van der Waals surface area contributed by atoms with E-state index in [1.54, 1.807) is 12.1 Å². The Morgan fingerprint density at radius 3 is 2.40 bits per heavy atom. The first-order valence-electron chi connectivity index (χ1n) is 5.03. The largest absolute Gasteiger partial charge is 0.316 e. The molecule has 0 unspecified atom stereocenters. The van der Waals surface area contributed by atoms with Gasteiger partial charge in [0.2, 0.25) is 0 Å². The van der Waals surface area contributed by atoms with Crippen LogP contribution < -0.4 is 5.32 Å². The van der Waals surface area contributed by atoms with Gasteiger partial charge in [-0.2, -0.15) is 0 Å². The molecule has 1 aromatic rings. The fourth-order valence-electron chi connectivity index (χ4n) is 1.18. The number of rotatable bonds is 3. The van der Waals surface area contributed by atoms with E-state index in [1.807, 2.05) is 27.8 Å². The number of non-ortho nitro benzene ring substituents is 1. The van der Waals surface area contributed by atoms with Gasteiger partial charge in [-0.1, -0.05) is 19.9 Å². The second kappa shape index (κ2) is 6.95. The predicted octanol–water partition coefficient (Wildman–Crippen LogP) is 2.65. The molecule has 0 heterocycles. The van der Waals surface area contributed by atoms with Crippen LogP contribution in [-0.4, -0.2) is 12.0 Å². The van der Waals surface area contributed by atoms with Gasteiger partial charge in [0.15, 0.2) is 0 Å². The summed E-state index contributed by atoms with van der Waals surface area (Å²) >= 11 is 0. The van der Waals surface area contributed by atoms with E-state index < -0.39 is 0 Å². The molecule has 15 heavy (non-hydrogen) atoms. The number of nitrogens with one attached hydrogen (secondary N) is 1. The summed E-state index contributed by atoms with van der Waals surface area (Å²) in [4.78, 5) is 10.0. The van der Waals surface area contributed by atoms with Gasteiger partial charge in [0.1, 0.15) is 0 Å². The lowest BCUT2D eigenvalue weighted by molar-refractivity contribution is -0.384. The van der Waals surface area contributed by atoms with Gasteiger partial charge in [-0.25, -0.2) is 0 Å². The first-order chi connectivity index (χ1) is 7.15. The van der Waals surface area contributed by atoms with Crippen LogP contribution in [0.5, 0.6) is 0 Å². The fraction of sp³-hybridized carbons (Fsp3) is 0.455. The maximum absolute atomic E-state index is 10.4. The first-order valence-corrected chi connectivity index (χ1v) is 5.03. The number of benzene rings is 1. The molecular formula is C11H18N2O2. The van der Waals surface area contributed by atoms with E-state index in [-0.39, 0.29) is 10.6 Å². The predicted molar refractivity (Wildman–Crippen MR) is 61.9 cm³/mol. The monoisotopic (exact) mass is 210 g/mol. The third kappa shape index (κ3) is 4.08. The van der Waals surface area contributed by atoms with Crippen molar-refractivity contribution in [3.63, 3.8) is 0 Å². The lowest BCUT2D eigenvalue weighted by Gasteiger charge is -2.03. The Bertz CT molecular complexity index is 324. The van der Waals surface area contributed by atoms with Crippen molar-refractivity contribution in [2.75, 3.05) is 7.05 Å². The summed E-state index contributed by atoms with van der Waals surface area (Å²) in [6.07, 6.45) is 0. The molecule has 4 nitrogen and oxygen atoms in total. The minimum absolute atomic E-state index is 0.150. The molecule has 0 saturated heterocycles. The molecule has 0 aliphatic heterocycles. The van der Waals surface area contributed by atoms with Crippen LogP contribution in [-0.2, 0) is 6.54 Å². The fourth-order valence-corrected chi connectivity index (χ4v) is 1.18. The number of nitro benzene ring substituents is 1. The van der Waals surface area contributed by atoms with E-state index in [2.05, 4.69) is 5.32 Å². The Labute approximate surface area is 90.5 Å². The van der Waals surface area contributed by atoms with E-state index >= 15 is 0 Å².